The number of fused-ring (bicyclic) bond motifs is 2. The van der Waals surface area contributed by atoms with Crippen molar-refractivity contribution in [1.29, 1.82) is 5.41 Å². The van der Waals surface area contributed by atoms with Crippen molar-refractivity contribution in [2.75, 3.05) is 19.6 Å². The first kappa shape index (κ1) is 109. The molecule has 0 saturated carbocycles. The summed E-state index contributed by atoms with van der Waals surface area (Å²) in [6.45, 7) is 16.5. The zero-order chi connectivity index (χ0) is 99.8. The molecule has 2 aromatic carbocycles. The van der Waals surface area contributed by atoms with Crippen molar-refractivity contribution in [3.05, 3.63) is 90.0 Å². The van der Waals surface area contributed by atoms with Gasteiger partial charge in [0.15, 0.2) is 12.0 Å². The number of aromatic amines is 1. The summed E-state index contributed by atoms with van der Waals surface area (Å²) in [5, 5.41) is 79.9. The number of primary amides is 2. The molecule has 47 heteroatoms. The highest BCUT2D eigenvalue weighted by atomic mass is 16.4. The summed E-state index contributed by atoms with van der Waals surface area (Å²) in [4.78, 5) is 295. The summed E-state index contributed by atoms with van der Waals surface area (Å²) in [5.74, 6) is -26.0. The number of guanidine groups is 1. The average molecular weight is 1880 g/mol. The lowest BCUT2D eigenvalue weighted by molar-refractivity contribution is -0.146. The van der Waals surface area contributed by atoms with E-state index >= 15 is 9.59 Å². The van der Waals surface area contributed by atoms with Crippen LogP contribution >= 0.6 is 0 Å². The number of aliphatic hydroxyl groups excluding tert-OH is 2. The molecule has 47 nitrogen and oxygen atoms in total. The molecule has 27 N–H and O–H groups in total. The van der Waals surface area contributed by atoms with Crippen molar-refractivity contribution >= 4 is 124 Å². The van der Waals surface area contributed by atoms with Gasteiger partial charge in [-0.25, -0.2) is 4.98 Å². The molecule has 0 aliphatic carbocycles. The third kappa shape index (κ3) is 32.6. The number of nitrogens with zero attached hydrogens (tertiary/aromatic N) is 3. The quantitative estimate of drug-likeness (QED) is 0.0182. The molecular formula is C87H130N24O23. The zero-order valence-corrected chi connectivity index (χ0v) is 77.1. The van der Waals surface area contributed by atoms with E-state index in [1.165, 1.54) is 33.3 Å². The van der Waals surface area contributed by atoms with Crippen LogP contribution in [-0.2, 0) is 115 Å². The number of carbonyl (C=O) groups excluding carboxylic acids is 19. The monoisotopic (exact) mass is 1880 g/mol. The van der Waals surface area contributed by atoms with Gasteiger partial charge in [-0.15, -0.1) is 0 Å². The van der Waals surface area contributed by atoms with Crippen molar-refractivity contribution in [3.8, 4) is 0 Å². The van der Waals surface area contributed by atoms with E-state index in [2.05, 4.69) is 95.0 Å². The molecule has 4 heterocycles. The molecule has 0 spiro atoms. The van der Waals surface area contributed by atoms with Gasteiger partial charge in [0.1, 0.15) is 96.7 Å². The third-order valence-electron chi connectivity index (χ3n) is 23.0. The minimum atomic E-state index is -2.31. The second kappa shape index (κ2) is 51.9. The summed E-state index contributed by atoms with van der Waals surface area (Å²) in [7, 11) is 0. The van der Waals surface area contributed by atoms with E-state index in [0.29, 0.717) is 16.8 Å². The number of nitrogens with two attached hydrogens (primary N) is 3. The fourth-order valence-electron chi connectivity index (χ4n) is 15.1. The van der Waals surface area contributed by atoms with Crippen LogP contribution in [0.4, 0.5) is 0 Å². The Labute approximate surface area is 774 Å². The van der Waals surface area contributed by atoms with Gasteiger partial charge in [0.25, 0.3) is 5.91 Å². The third-order valence-corrected chi connectivity index (χ3v) is 23.0. The summed E-state index contributed by atoms with van der Waals surface area (Å²) >= 11 is 0. The maximum Gasteiger partial charge on any atom is 0.303 e. The molecule has 1 aromatic heterocycles. The van der Waals surface area contributed by atoms with Crippen molar-refractivity contribution < 1.29 is 111 Å². The Hall–Kier alpha value is -13.8. The predicted octanol–water partition coefficient (Wildman–Crippen LogP) is -6.99. The molecule has 19 amide bonds. The molecule has 0 bridgehead atoms. The molecule has 3 saturated heterocycles. The van der Waals surface area contributed by atoms with Crippen LogP contribution < -0.4 is 102 Å². The van der Waals surface area contributed by atoms with Gasteiger partial charge in [0.2, 0.25) is 106 Å². The largest absolute Gasteiger partial charge is 0.481 e. The highest BCUT2D eigenvalue weighted by molar-refractivity contribution is 6.09. The summed E-state index contributed by atoms with van der Waals surface area (Å²) in [6.07, 6.45) is -4.31. The molecule has 3 aromatic rings. The lowest BCUT2D eigenvalue weighted by atomic mass is 9.95. The van der Waals surface area contributed by atoms with Gasteiger partial charge >= 0.3 is 5.97 Å². The van der Waals surface area contributed by atoms with Gasteiger partial charge in [-0.3, -0.25) is 101 Å². The zero-order valence-electron chi connectivity index (χ0n) is 77.1. The number of aliphatic hydroxyl groups is 2. The number of amides is 19. The van der Waals surface area contributed by atoms with E-state index < -0.39 is 282 Å². The summed E-state index contributed by atoms with van der Waals surface area (Å²) in [5.41, 5.74) is 18.2. The number of H-pyrrole nitrogens is 1. The van der Waals surface area contributed by atoms with E-state index in [1.807, 2.05) is 0 Å². The minimum Gasteiger partial charge on any atom is -0.481 e. The molecule has 20 atom stereocenters. The Morgan fingerprint density at radius 1 is 0.448 bits per heavy atom. The minimum absolute atomic E-state index is 0.0329. The second-order valence-electron chi connectivity index (χ2n) is 34.8. The number of imidazole rings is 1. The Morgan fingerprint density at radius 2 is 0.821 bits per heavy atom. The summed E-state index contributed by atoms with van der Waals surface area (Å²) < 4.78 is 0. The smallest absolute Gasteiger partial charge is 0.303 e. The van der Waals surface area contributed by atoms with Crippen LogP contribution in [0, 0.1) is 29.1 Å². The highest BCUT2D eigenvalue weighted by Crippen LogP contribution is 2.24. The van der Waals surface area contributed by atoms with Crippen LogP contribution in [0.25, 0.3) is 0 Å². The Bertz CT molecular complexity index is 4670. The van der Waals surface area contributed by atoms with Gasteiger partial charge in [-0.2, -0.15) is 0 Å². The fraction of sp³-hybridized carbons (Fsp3) is 0.586. The van der Waals surface area contributed by atoms with Crippen molar-refractivity contribution in [2.24, 2.45) is 40.9 Å². The van der Waals surface area contributed by atoms with Gasteiger partial charge < -0.3 is 132 Å². The Balaban J connectivity index is 1.40. The van der Waals surface area contributed by atoms with E-state index in [-0.39, 0.29) is 83.8 Å². The van der Waals surface area contributed by atoms with Gasteiger partial charge in [-0.1, -0.05) is 122 Å². The van der Waals surface area contributed by atoms with Crippen molar-refractivity contribution in [1.82, 2.24) is 105 Å². The number of aliphatic carboxylic acids is 1. The first-order valence-electron chi connectivity index (χ1n) is 44.6. The van der Waals surface area contributed by atoms with E-state index in [0.717, 1.165) is 30.6 Å². The molecule has 3 aliphatic heterocycles. The average Bonchev–Trinajstić information content (AvgIpc) is 1.68. The van der Waals surface area contributed by atoms with E-state index in [1.54, 1.807) is 102 Å². The van der Waals surface area contributed by atoms with Gasteiger partial charge in [0.05, 0.1) is 25.0 Å². The number of hydrogen-bond acceptors (Lipinski definition) is 24. The maximum absolute atomic E-state index is 15.1. The topological polar surface area (TPSA) is 732 Å². The number of aromatic nitrogens is 2. The van der Waals surface area contributed by atoms with Crippen LogP contribution in [0.5, 0.6) is 0 Å². The van der Waals surface area contributed by atoms with E-state index in [4.69, 9.17) is 22.6 Å². The lowest BCUT2D eigenvalue weighted by Crippen LogP contribution is -2.63. The van der Waals surface area contributed by atoms with Gasteiger partial charge in [-0.05, 0) is 107 Å². The first-order valence-corrected chi connectivity index (χ1v) is 44.6. The number of rotatable bonds is 23. The number of carbonyl (C=O) groups is 20. The molecular weight excluding hydrogens is 1750 g/mol. The van der Waals surface area contributed by atoms with Crippen LogP contribution in [0.1, 0.15) is 164 Å². The van der Waals surface area contributed by atoms with Crippen LogP contribution in [0.15, 0.2) is 73.2 Å². The number of carboxylic acids is 1. The maximum atomic E-state index is 15.1. The first-order chi connectivity index (χ1) is 63.1. The van der Waals surface area contributed by atoms with Crippen LogP contribution in [0.3, 0.4) is 0 Å². The lowest BCUT2D eigenvalue weighted by Gasteiger charge is -2.32. The normalized spacial score (nSPS) is 26.9. The molecule has 3 fully saturated rings. The van der Waals surface area contributed by atoms with Crippen LogP contribution in [0.2, 0.25) is 0 Å². The SMILES string of the molecule is CC[C@H](C)[C@@H]1NC(=O)[C@H](CC(N)=O)NC(=O)[C@H](C)NC(=O)[C@H](Cc2ccccc2)NC(=O)[C@H](Cc2ccccc2)NC(=O)[C@H](Cc2cnc[nH]2)NC(=O)[C@H](C(C)C)NC(=O)[C@H](C(C)C)NC(=O)[C@@H]2CCCN2C(=O)[C@H](C(N)=O)NC(=O)[C@H](CCC(=O)O)NC(=O)[C@@H]2CCCN2C(=O)[C@H]([C@@H](C)O)NC(=O)[C@H](CCCNC(=N)N)NC(=O)[C@H](C)NC(=O)[C@H]([C@@H](C)O)NC(=O)[C@H](C(C)C)NC1=O. The molecule has 736 valence electrons. The standard InChI is InChI=1S/C87H130N24O23/c1-13-44(8)65-83(131)105-64(43(6)7)82(130)107-66(47(11)112)84(132)96-46(10)70(118)97-52(27-20-32-93-87(90)91)72(120)108-67(48(12)113)85(133)110-33-21-28-58(110)78(126)98-53(30-31-61(115)116)73(121)109-68(69(89)117)86(134)111-34-22-29-59(111)79(127)103-63(42(4)5)81(129)104-62(41(2)3)80(128)102-56(37-51-39-92-40-94-51)76(124)101-55(36-50-25-18-15-19-26-50)75(123)100-54(35-49-23-16-14-17-24-49)74(122)95-45(9)71(119)99-57(38-60(88)114)77(125)106-65/h14-19,23-26,39-48,52-59,62-68,112-113H,13,20-22,27-38H2,1-12H3,(H2,88,114)(H2,89,117)(H,92,94)(H,95,122)(H,96,132)(H,97,118)(H,98,126)(H,99,119)(H,100,123)(H,101,124)(H,102,128)(H,103,127)(H,104,129)(H,105,131)(H,106,125)(H,107,130)(H,108,120)(H,109,121)(H,115,116)(H4,90,91,93)/t44-,45-,46-,47+,48+,52-,53-,54-,55-,56-,57-,58-,59-,62-,63-,64-,65-,66-,67-,68-/m0/s1. The Morgan fingerprint density at radius 3 is 1.28 bits per heavy atom. The van der Waals surface area contributed by atoms with E-state index in [9.17, 15) is 102 Å². The fourth-order valence-corrected chi connectivity index (χ4v) is 15.1. The number of carboxylic acid groups (broad SMARTS) is 1. The highest BCUT2D eigenvalue weighted by Gasteiger charge is 2.47. The van der Waals surface area contributed by atoms with Crippen molar-refractivity contribution in [2.45, 2.75) is 281 Å². The van der Waals surface area contributed by atoms with Crippen LogP contribution in [-0.4, -0.2) is 294 Å². The predicted molar refractivity (Wildman–Crippen MR) is 479 cm³/mol. The van der Waals surface area contributed by atoms with Crippen molar-refractivity contribution in [3.63, 3.8) is 0 Å². The molecule has 0 unspecified atom stereocenters. The molecule has 3 aliphatic rings. The second-order valence-corrected chi connectivity index (χ2v) is 34.8. The van der Waals surface area contributed by atoms with Gasteiger partial charge in [0, 0.05) is 57.2 Å². The molecule has 6 rings (SSSR count). The number of nitrogens with one attached hydrogen (secondary N) is 18. The number of hydrogen-bond donors (Lipinski definition) is 24. The summed E-state index contributed by atoms with van der Waals surface area (Å²) in [6, 6.07) is -12.1. The molecule has 0 radical (unpaired) electrons. The molecule has 134 heavy (non-hydrogen) atoms. The number of benzene rings is 2. The Kier molecular flexibility index (Phi) is 42.2.